The monoisotopic (exact) mass is 212 g/mol. The summed E-state index contributed by atoms with van der Waals surface area (Å²) in [6.07, 6.45) is 8.94. The summed E-state index contributed by atoms with van der Waals surface area (Å²) in [5, 5.41) is 0. The molecular weight excluding hydrogens is 200 g/mol. The number of rotatable bonds is 3. The van der Waals surface area contributed by atoms with Gasteiger partial charge in [0.15, 0.2) is 0 Å². The van der Waals surface area contributed by atoms with Gasteiger partial charge < -0.3 is 4.74 Å². The van der Waals surface area contributed by atoms with Gasteiger partial charge in [-0.3, -0.25) is 9.97 Å². The molecule has 3 nitrogen and oxygen atoms in total. The summed E-state index contributed by atoms with van der Waals surface area (Å²) in [7, 11) is 1.66. The van der Waals surface area contributed by atoms with E-state index in [9.17, 15) is 0 Å². The molecule has 0 bridgehead atoms. The number of hydrogen-bond donors (Lipinski definition) is 0. The second kappa shape index (κ2) is 5.07. The van der Waals surface area contributed by atoms with Crippen molar-refractivity contribution in [3.8, 4) is 5.75 Å². The highest BCUT2D eigenvalue weighted by atomic mass is 16.5. The maximum Gasteiger partial charge on any atom is 0.119 e. The lowest BCUT2D eigenvalue weighted by Gasteiger charge is -1.99. The Hall–Kier alpha value is -2.16. The number of nitrogens with zero attached hydrogens (tertiary/aromatic N) is 2. The first kappa shape index (κ1) is 10.4. The summed E-state index contributed by atoms with van der Waals surface area (Å²) in [5.74, 6) is 0.848. The van der Waals surface area contributed by atoms with Crippen molar-refractivity contribution in [2.75, 3.05) is 7.11 Å². The van der Waals surface area contributed by atoms with Crippen molar-refractivity contribution >= 4 is 12.2 Å². The van der Waals surface area contributed by atoms with Crippen LogP contribution < -0.4 is 4.74 Å². The number of benzene rings is 1. The Balaban J connectivity index is 2.17. The van der Waals surface area contributed by atoms with E-state index in [1.54, 1.807) is 25.7 Å². The lowest BCUT2D eigenvalue weighted by atomic mass is 10.2. The number of hydrogen-bond acceptors (Lipinski definition) is 3. The molecule has 16 heavy (non-hydrogen) atoms. The standard InChI is InChI=1S/C13H12N2O/c1-16-13-4-2-3-11(9-13)5-6-12-10-14-7-8-15-12/h2-10H,1H3/b6-5+. The summed E-state index contributed by atoms with van der Waals surface area (Å²) in [6, 6.07) is 7.84. The summed E-state index contributed by atoms with van der Waals surface area (Å²) in [4.78, 5) is 8.15. The van der Waals surface area contributed by atoms with E-state index in [4.69, 9.17) is 4.74 Å². The fourth-order valence-corrected chi connectivity index (χ4v) is 1.32. The van der Waals surface area contributed by atoms with E-state index < -0.39 is 0 Å². The molecule has 2 rings (SSSR count). The molecule has 0 atom stereocenters. The summed E-state index contributed by atoms with van der Waals surface area (Å²) >= 11 is 0. The molecule has 1 aromatic carbocycles. The third kappa shape index (κ3) is 2.67. The Morgan fingerprint density at radius 1 is 1.19 bits per heavy atom. The van der Waals surface area contributed by atoms with E-state index in [0.717, 1.165) is 17.0 Å². The van der Waals surface area contributed by atoms with Crippen LogP contribution in [0, 0.1) is 0 Å². The normalized spacial score (nSPS) is 10.6. The maximum atomic E-state index is 5.15. The van der Waals surface area contributed by atoms with Gasteiger partial charge in [-0.25, -0.2) is 0 Å². The molecule has 1 aromatic heterocycles. The fraction of sp³-hybridized carbons (Fsp3) is 0.0769. The predicted octanol–water partition coefficient (Wildman–Crippen LogP) is 2.66. The third-order valence-electron chi connectivity index (χ3n) is 2.12. The first-order valence-corrected chi connectivity index (χ1v) is 4.96. The summed E-state index contributed by atoms with van der Waals surface area (Å²) in [5.41, 5.74) is 1.91. The van der Waals surface area contributed by atoms with Gasteiger partial charge in [-0.1, -0.05) is 18.2 Å². The van der Waals surface area contributed by atoms with Gasteiger partial charge in [0.25, 0.3) is 0 Å². The number of ether oxygens (including phenoxy) is 1. The van der Waals surface area contributed by atoms with Crippen molar-refractivity contribution in [1.82, 2.24) is 9.97 Å². The maximum absolute atomic E-state index is 5.15. The van der Waals surface area contributed by atoms with Gasteiger partial charge in [-0.15, -0.1) is 0 Å². The molecule has 3 heteroatoms. The Morgan fingerprint density at radius 3 is 2.88 bits per heavy atom. The van der Waals surface area contributed by atoms with Gasteiger partial charge in [-0.2, -0.15) is 0 Å². The van der Waals surface area contributed by atoms with Gasteiger partial charge in [0.1, 0.15) is 5.75 Å². The zero-order valence-electron chi connectivity index (χ0n) is 9.00. The second-order valence-electron chi connectivity index (χ2n) is 3.24. The van der Waals surface area contributed by atoms with Crippen molar-refractivity contribution in [1.29, 1.82) is 0 Å². The van der Waals surface area contributed by atoms with Gasteiger partial charge in [0, 0.05) is 12.4 Å². The van der Waals surface area contributed by atoms with Crippen LogP contribution in [0.25, 0.3) is 12.2 Å². The Morgan fingerprint density at radius 2 is 2.12 bits per heavy atom. The van der Waals surface area contributed by atoms with E-state index >= 15 is 0 Å². The van der Waals surface area contributed by atoms with Crippen LogP contribution in [-0.4, -0.2) is 17.1 Å². The molecule has 0 fully saturated rings. The van der Waals surface area contributed by atoms with E-state index in [1.807, 2.05) is 36.4 Å². The molecule has 0 saturated heterocycles. The molecule has 1 heterocycles. The molecule has 0 N–H and O–H groups in total. The average molecular weight is 212 g/mol. The van der Waals surface area contributed by atoms with E-state index in [2.05, 4.69) is 9.97 Å². The molecule has 2 aromatic rings. The van der Waals surface area contributed by atoms with Crippen LogP contribution in [0.4, 0.5) is 0 Å². The zero-order chi connectivity index (χ0) is 11.2. The van der Waals surface area contributed by atoms with Crippen LogP contribution >= 0.6 is 0 Å². The highest BCUT2D eigenvalue weighted by Gasteiger charge is 1.92. The van der Waals surface area contributed by atoms with Gasteiger partial charge >= 0.3 is 0 Å². The molecule has 0 amide bonds. The molecule has 0 aliphatic heterocycles. The van der Waals surface area contributed by atoms with E-state index in [1.165, 1.54) is 0 Å². The average Bonchev–Trinajstić information content (AvgIpc) is 2.38. The van der Waals surface area contributed by atoms with Crippen LogP contribution in [0.2, 0.25) is 0 Å². The molecule has 0 aliphatic rings. The van der Waals surface area contributed by atoms with Crippen molar-refractivity contribution in [3.63, 3.8) is 0 Å². The molecule has 0 radical (unpaired) electrons. The van der Waals surface area contributed by atoms with Gasteiger partial charge in [-0.05, 0) is 23.8 Å². The number of aromatic nitrogens is 2. The van der Waals surface area contributed by atoms with Crippen LogP contribution in [-0.2, 0) is 0 Å². The molecule has 0 spiro atoms. The fourth-order valence-electron chi connectivity index (χ4n) is 1.32. The highest BCUT2D eigenvalue weighted by molar-refractivity contribution is 5.68. The van der Waals surface area contributed by atoms with Crippen molar-refractivity contribution in [3.05, 3.63) is 54.1 Å². The Labute approximate surface area is 94.4 Å². The molecule has 80 valence electrons. The van der Waals surface area contributed by atoms with Crippen molar-refractivity contribution in [2.24, 2.45) is 0 Å². The van der Waals surface area contributed by atoms with Gasteiger partial charge in [0.05, 0.1) is 19.0 Å². The van der Waals surface area contributed by atoms with Gasteiger partial charge in [0.2, 0.25) is 0 Å². The molecular formula is C13H12N2O. The van der Waals surface area contributed by atoms with E-state index in [0.29, 0.717) is 0 Å². The van der Waals surface area contributed by atoms with Crippen LogP contribution in [0.15, 0.2) is 42.9 Å². The SMILES string of the molecule is COc1cccc(/C=C/c2cnccn2)c1. The second-order valence-corrected chi connectivity index (χ2v) is 3.24. The minimum absolute atomic E-state index is 0.838. The number of methoxy groups -OCH3 is 1. The van der Waals surface area contributed by atoms with Crippen LogP contribution in [0.5, 0.6) is 5.75 Å². The van der Waals surface area contributed by atoms with Crippen LogP contribution in [0.1, 0.15) is 11.3 Å². The zero-order valence-corrected chi connectivity index (χ0v) is 9.00. The summed E-state index contributed by atoms with van der Waals surface area (Å²) < 4.78 is 5.15. The Kier molecular flexibility index (Phi) is 3.28. The molecule has 0 aliphatic carbocycles. The summed E-state index contributed by atoms with van der Waals surface area (Å²) in [6.45, 7) is 0. The lowest BCUT2D eigenvalue weighted by molar-refractivity contribution is 0.414. The smallest absolute Gasteiger partial charge is 0.119 e. The van der Waals surface area contributed by atoms with Crippen molar-refractivity contribution in [2.45, 2.75) is 0 Å². The quantitative estimate of drug-likeness (QED) is 0.784. The highest BCUT2D eigenvalue weighted by Crippen LogP contribution is 2.14. The Bertz CT molecular complexity index is 480. The lowest BCUT2D eigenvalue weighted by Crippen LogP contribution is -1.83. The van der Waals surface area contributed by atoms with Crippen LogP contribution in [0.3, 0.4) is 0 Å². The van der Waals surface area contributed by atoms with E-state index in [-0.39, 0.29) is 0 Å². The third-order valence-corrected chi connectivity index (χ3v) is 2.12. The molecule has 0 unspecified atom stereocenters. The minimum atomic E-state index is 0.838. The predicted molar refractivity (Wildman–Crippen MR) is 64.0 cm³/mol. The first-order valence-electron chi connectivity index (χ1n) is 4.96. The largest absolute Gasteiger partial charge is 0.497 e. The first-order chi connectivity index (χ1) is 7.88. The topological polar surface area (TPSA) is 35.0 Å². The van der Waals surface area contributed by atoms with Crippen molar-refractivity contribution < 1.29 is 4.74 Å². The minimum Gasteiger partial charge on any atom is -0.497 e. The molecule has 0 saturated carbocycles.